The molecule has 0 bridgehead atoms. The van der Waals surface area contributed by atoms with Crippen LogP contribution in [0.3, 0.4) is 0 Å². The van der Waals surface area contributed by atoms with Crippen LogP contribution in [0.1, 0.15) is 34.1 Å². The molecule has 0 amide bonds. The highest BCUT2D eigenvalue weighted by Crippen LogP contribution is 2.25. The lowest BCUT2D eigenvalue weighted by molar-refractivity contribution is 0.224. The predicted octanol–water partition coefficient (Wildman–Crippen LogP) is 2.58. The Morgan fingerprint density at radius 2 is 1.83 bits per heavy atom. The van der Waals surface area contributed by atoms with Gasteiger partial charge in [0.2, 0.25) is 10.0 Å². The molecule has 0 radical (unpaired) electrons. The molecule has 6 heteroatoms. The second-order valence-electron chi connectivity index (χ2n) is 6.16. The normalized spacial score (nSPS) is 19.7. The first kappa shape index (κ1) is 18.2. The highest BCUT2D eigenvalue weighted by Gasteiger charge is 2.34. The van der Waals surface area contributed by atoms with Gasteiger partial charge < -0.3 is 4.74 Å². The standard InChI is InChI=1S/C17H28N2O3S/c1-5-18(6-2)15-11-12-19(13-15)23(20,21)17-9-7-16(8-10-17)22-14(3)4/h7-10,14-15H,5-6,11-13H2,1-4H3. The molecule has 0 aromatic heterocycles. The number of benzene rings is 1. The van der Waals surface area contributed by atoms with Crippen LogP contribution in [0.4, 0.5) is 0 Å². The Labute approximate surface area is 140 Å². The van der Waals surface area contributed by atoms with Crippen LogP contribution in [0.25, 0.3) is 0 Å². The maximum absolute atomic E-state index is 12.8. The first-order chi connectivity index (χ1) is 10.9. The molecule has 0 N–H and O–H groups in total. The average Bonchev–Trinajstić information content (AvgIpc) is 2.99. The van der Waals surface area contributed by atoms with Gasteiger partial charge in [0.05, 0.1) is 11.0 Å². The van der Waals surface area contributed by atoms with Crippen LogP contribution in [0.5, 0.6) is 5.75 Å². The average molecular weight is 340 g/mol. The molecule has 1 aromatic rings. The van der Waals surface area contributed by atoms with E-state index in [9.17, 15) is 8.42 Å². The third-order valence-electron chi connectivity index (χ3n) is 4.29. The summed E-state index contributed by atoms with van der Waals surface area (Å²) < 4.78 is 32.7. The van der Waals surface area contributed by atoms with E-state index in [2.05, 4.69) is 18.7 Å². The van der Waals surface area contributed by atoms with E-state index in [1.807, 2.05) is 13.8 Å². The topological polar surface area (TPSA) is 49.9 Å². The molecular weight excluding hydrogens is 312 g/mol. The first-order valence-corrected chi connectivity index (χ1v) is 9.83. The van der Waals surface area contributed by atoms with Crippen molar-refractivity contribution in [3.05, 3.63) is 24.3 Å². The lowest BCUT2D eigenvalue weighted by Crippen LogP contribution is -2.38. The summed E-state index contributed by atoms with van der Waals surface area (Å²) in [6.07, 6.45) is 0.973. The van der Waals surface area contributed by atoms with Gasteiger partial charge in [-0.25, -0.2) is 8.42 Å². The maximum atomic E-state index is 12.8. The fourth-order valence-corrected chi connectivity index (χ4v) is 4.57. The summed E-state index contributed by atoms with van der Waals surface area (Å²) in [6, 6.07) is 7.05. The van der Waals surface area contributed by atoms with Gasteiger partial charge in [0, 0.05) is 19.1 Å². The van der Waals surface area contributed by atoms with Gasteiger partial charge in [-0.1, -0.05) is 13.8 Å². The molecule has 1 aliphatic heterocycles. The van der Waals surface area contributed by atoms with E-state index < -0.39 is 10.0 Å². The van der Waals surface area contributed by atoms with Crippen LogP contribution in [0, 0.1) is 0 Å². The zero-order valence-corrected chi connectivity index (χ0v) is 15.3. The van der Waals surface area contributed by atoms with Gasteiger partial charge in [0.1, 0.15) is 5.75 Å². The number of hydrogen-bond donors (Lipinski definition) is 0. The van der Waals surface area contributed by atoms with Gasteiger partial charge in [-0.3, -0.25) is 4.90 Å². The fraction of sp³-hybridized carbons (Fsp3) is 0.647. The summed E-state index contributed by atoms with van der Waals surface area (Å²) in [7, 11) is -3.42. The molecule has 1 heterocycles. The summed E-state index contributed by atoms with van der Waals surface area (Å²) in [5.74, 6) is 0.696. The van der Waals surface area contributed by atoms with Crippen molar-refractivity contribution < 1.29 is 13.2 Å². The molecule has 1 aliphatic rings. The third-order valence-corrected chi connectivity index (χ3v) is 6.17. The monoisotopic (exact) mass is 340 g/mol. The van der Waals surface area contributed by atoms with Gasteiger partial charge in [0.25, 0.3) is 0 Å². The van der Waals surface area contributed by atoms with E-state index in [4.69, 9.17) is 4.74 Å². The van der Waals surface area contributed by atoms with Gasteiger partial charge in [-0.2, -0.15) is 4.31 Å². The third kappa shape index (κ3) is 4.25. The zero-order valence-electron chi connectivity index (χ0n) is 14.5. The highest BCUT2D eigenvalue weighted by atomic mass is 32.2. The van der Waals surface area contributed by atoms with Crippen molar-refractivity contribution in [2.24, 2.45) is 0 Å². The molecule has 0 aliphatic carbocycles. The van der Waals surface area contributed by atoms with Gasteiger partial charge >= 0.3 is 0 Å². The van der Waals surface area contributed by atoms with Crippen LogP contribution in [-0.4, -0.2) is 55.9 Å². The Kier molecular flexibility index (Phi) is 6.06. The quantitative estimate of drug-likeness (QED) is 0.765. The molecule has 1 atom stereocenters. The molecule has 23 heavy (non-hydrogen) atoms. The van der Waals surface area contributed by atoms with E-state index in [0.29, 0.717) is 29.8 Å². The number of likely N-dealkylation sites (N-methyl/N-ethyl adjacent to an activating group) is 1. The van der Waals surface area contributed by atoms with Crippen LogP contribution in [-0.2, 0) is 10.0 Å². The summed E-state index contributed by atoms with van der Waals surface area (Å²) in [5, 5.41) is 0. The molecule has 1 unspecified atom stereocenters. The van der Waals surface area contributed by atoms with Crippen molar-refractivity contribution in [1.29, 1.82) is 0 Å². The molecule has 1 fully saturated rings. The molecule has 2 rings (SSSR count). The Bertz CT molecular complexity index is 595. The van der Waals surface area contributed by atoms with Crippen LogP contribution in [0.15, 0.2) is 29.2 Å². The second-order valence-corrected chi connectivity index (χ2v) is 8.10. The predicted molar refractivity (Wildman–Crippen MR) is 92.3 cm³/mol. The number of rotatable bonds is 7. The Balaban J connectivity index is 2.10. The zero-order chi connectivity index (χ0) is 17.0. The van der Waals surface area contributed by atoms with E-state index >= 15 is 0 Å². The molecule has 0 saturated carbocycles. The lowest BCUT2D eigenvalue weighted by atomic mass is 10.2. The van der Waals surface area contributed by atoms with E-state index in [0.717, 1.165) is 19.5 Å². The van der Waals surface area contributed by atoms with E-state index in [1.54, 1.807) is 28.6 Å². The number of ether oxygens (including phenoxy) is 1. The minimum Gasteiger partial charge on any atom is -0.491 e. The number of nitrogens with zero attached hydrogens (tertiary/aromatic N) is 2. The minimum atomic E-state index is -3.42. The summed E-state index contributed by atoms with van der Waals surface area (Å²) >= 11 is 0. The van der Waals surface area contributed by atoms with Crippen molar-refractivity contribution in [3.8, 4) is 5.75 Å². The van der Waals surface area contributed by atoms with Gasteiger partial charge in [-0.15, -0.1) is 0 Å². The molecule has 1 saturated heterocycles. The smallest absolute Gasteiger partial charge is 0.243 e. The van der Waals surface area contributed by atoms with E-state index in [1.165, 1.54) is 0 Å². The van der Waals surface area contributed by atoms with E-state index in [-0.39, 0.29) is 6.10 Å². The molecule has 5 nitrogen and oxygen atoms in total. The summed E-state index contributed by atoms with van der Waals surface area (Å²) in [4.78, 5) is 2.67. The van der Waals surface area contributed by atoms with Crippen LogP contribution >= 0.6 is 0 Å². The molecular formula is C17H28N2O3S. The maximum Gasteiger partial charge on any atom is 0.243 e. The lowest BCUT2D eigenvalue weighted by Gasteiger charge is -2.26. The largest absolute Gasteiger partial charge is 0.491 e. The Morgan fingerprint density at radius 3 is 2.35 bits per heavy atom. The summed E-state index contributed by atoms with van der Waals surface area (Å²) in [6.45, 7) is 11.2. The fourth-order valence-electron chi connectivity index (χ4n) is 3.08. The second kappa shape index (κ2) is 7.64. The van der Waals surface area contributed by atoms with Gasteiger partial charge in [-0.05, 0) is 57.6 Å². The molecule has 0 spiro atoms. The van der Waals surface area contributed by atoms with Crippen LogP contribution in [0.2, 0.25) is 0 Å². The van der Waals surface area contributed by atoms with Crippen LogP contribution < -0.4 is 4.74 Å². The Hall–Kier alpha value is -1.11. The molecule has 1 aromatic carbocycles. The molecule has 130 valence electrons. The SMILES string of the molecule is CCN(CC)C1CCN(S(=O)(=O)c2ccc(OC(C)C)cc2)C1. The first-order valence-electron chi connectivity index (χ1n) is 8.39. The highest BCUT2D eigenvalue weighted by molar-refractivity contribution is 7.89. The van der Waals surface area contributed by atoms with Crippen molar-refractivity contribution in [1.82, 2.24) is 9.21 Å². The number of sulfonamides is 1. The summed E-state index contributed by atoms with van der Waals surface area (Å²) in [5.41, 5.74) is 0. The van der Waals surface area contributed by atoms with Crippen molar-refractivity contribution in [2.45, 2.75) is 51.2 Å². The van der Waals surface area contributed by atoms with Crippen molar-refractivity contribution in [2.75, 3.05) is 26.2 Å². The number of hydrogen-bond acceptors (Lipinski definition) is 4. The Morgan fingerprint density at radius 1 is 1.22 bits per heavy atom. The van der Waals surface area contributed by atoms with Crippen molar-refractivity contribution in [3.63, 3.8) is 0 Å². The minimum absolute atomic E-state index is 0.0749. The van der Waals surface area contributed by atoms with Crippen molar-refractivity contribution >= 4 is 10.0 Å². The van der Waals surface area contributed by atoms with Gasteiger partial charge in [0.15, 0.2) is 0 Å².